The molecular weight excluding hydrogens is 256 g/mol. The first-order valence-corrected chi connectivity index (χ1v) is 7.41. The molecule has 0 bridgehead atoms. The number of carboxylic acid groups (broad SMARTS) is 2. The smallest absolute Gasteiger partial charge is 0.336 e. The number of hydrogen-bond acceptors (Lipinski definition) is 3. The van der Waals surface area contributed by atoms with Gasteiger partial charge in [0.05, 0.1) is 11.1 Å². The number of aromatic carboxylic acids is 2. The maximum Gasteiger partial charge on any atom is 0.336 e. The second-order valence-electron chi connectivity index (χ2n) is 3.17. The summed E-state index contributed by atoms with van der Waals surface area (Å²) in [5.74, 6) is -2.46. The van der Waals surface area contributed by atoms with Gasteiger partial charge in [0, 0.05) is 0 Å². The van der Waals surface area contributed by atoms with Gasteiger partial charge in [0.25, 0.3) is 0 Å². The van der Waals surface area contributed by atoms with Gasteiger partial charge < -0.3 is 14.3 Å². The second kappa shape index (κ2) is 7.77. The molecule has 2 N–H and O–H groups in total. The molecule has 1 aromatic carbocycles. The van der Waals surface area contributed by atoms with Crippen LogP contribution < -0.4 is 0 Å². The van der Waals surface area contributed by atoms with E-state index in [2.05, 4.69) is 27.7 Å². The first-order valence-electron chi connectivity index (χ1n) is 4.59. The molecule has 0 fully saturated rings. The summed E-state index contributed by atoms with van der Waals surface area (Å²) in [7, 11) is 2.44. The molecule has 0 spiro atoms. The summed E-state index contributed by atoms with van der Waals surface area (Å²) in [5, 5.41) is 17.1. The minimum Gasteiger partial charge on any atom is -0.478 e. The highest BCUT2D eigenvalue weighted by Gasteiger charge is 2.13. The molecule has 17 heavy (non-hydrogen) atoms. The molecule has 4 radical (unpaired) electrons. The minimum atomic E-state index is -1.23. The lowest BCUT2D eigenvalue weighted by Crippen LogP contribution is -2.06. The topological polar surface area (TPSA) is 83.8 Å². The Morgan fingerprint density at radius 2 is 1.41 bits per heavy atom. The molecule has 90 valence electrons. The van der Waals surface area contributed by atoms with Crippen LogP contribution in [0.25, 0.3) is 0 Å². The SMILES string of the molecule is C[Si](C)O[Si].O=C(O)c1ccccc1C(=O)O. The van der Waals surface area contributed by atoms with Crippen LogP contribution in [-0.2, 0) is 4.12 Å². The van der Waals surface area contributed by atoms with E-state index >= 15 is 0 Å². The van der Waals surface area contributed by atoms with E-state index in [-0.39, 0.29) is 11.1 Å². The third kappa shape index (κ3) is 6.00. The Balaban J connectivity index is 0.000000437. The van der Waals surface area contributed by atoms with Crippen molar-refractivity contribution in [3.05, 3.63) is 35.4 Å². The van der Waals surface area contributed by atoms with Crippen molar-refractivity contribution in [2.75, 3.05) is 0 Å². The van der Waals surface area contributed by atoms with Crippen LogP contribution >= 0.6 is 0 Å². The molecule has 0 atom stereocenters. The van der Waals surface area contributed by atoms with Crippen molar-refractivity contribution in [1.82, 2.24) is 0 Å². The van der Waals surface area contributed by atoms with Gasteiger partial charge in [-0.2, -0.15) is 0 Å². The average Bonchev–Trinajstić information content (AvgIpc) is 2.29. The summed E-state index contributed by atoms with van der Waals surface area (Å²) in [4.78, 5) is 20.9. The highest BCUT2D eigenvalue weighted by molar-refractivity contribution is 6.52. The van der Waals surface area contributed by atoms with Gasteiger partial charge in [-0.25, -0.2) is 9.59 Å². The second-order valence-corrected chi connectivity index (χ2v) is 5.80. The van der Waals surface area contributed by atoms with E-state index in [9.17, 15) is 9.59 Å². The summed E-state index contributed by atoms with van der Waals surface area (Å²) >= 11 is 0. The van der Waals surface area contributed by atoms with Crippen LogP contribution in [0.2, 0.25) is 13.1 Å². The van der Waals surface area contributed by atoms with Crippen LogP contribution in [0.1, 0.15) is 20.7 Å². The fourth-order valence-electron chi connectivity index (χ4n) is 0.856. The van der Waals surface area contributed by atoms with Crippen LogP contribution in [-0.4, -0.2) is 41.7 Å². The van der Waals surface area contributed by atoms with Gasteiger partial charge in [0.1, 0.15) is 0 Å². The maximum absolute atomic E-state index is 10.5. The standard InChI is InChI=1S/C8H6O4.C2H6OSi2/c9-7(10)5-3-1-2-4-6(5)8(11)12;1-5(2)3-4/h1-4H,(H,9,10)(H,11,12);1-2H3. The minimum absolute atomic E-state index is 0.190. The normalized spacial score (nSPS) is 9.41. The molecular formula is C10H12O5Si2. The molecule has 0 saturated carbocycles. The first-order chi connectivity index (χ1) is 7.90. The zero-order chi connectivity index (χ0) is 13.4. The Bertz CT molecular complexity index is 359. The van der Waals surface area contributed by atoms with Crippen LogP contribution in [0.4, 0.5) is 0 Å². The third-order valence-corrected chi connectivity index (χ3v) is 3.22. The molecule has 1 aromatic rings. The predicted molar refractivity (Wildman–Crippen MR) is 64.7 cm³/mol. The summed E-state index contributed by atoms with van der Waals surface area (Å²) in [6.45, 7) is 4.11. The highest BCUT2D eigenvalue weighted by atomic mass is 28.3. The van der Waals surface area contributed by atoms with E-state index in [0.29, 0.717) is 0 Å². The molecule has 0 aliphatic rings. The number of hydrogen-bond donors (Lipinski definition) is 2. The summed E-state index contributed by atoms with van der Waals surface area (Å²) in [6, 6.07) is 5.48. The Labute approximate surface area is 104 Å². The van der Waals surface area contributed by atoms with Crippen LogP contribution in [0.15, 0.2) is 24.3 Å². The van der Waals surface area contributed by atoms with Gasteiger partial charge in [-0.05, 0) is 25.2 Å². The molecule has 0 heterocycles. The van der Waals surface area contributed by atoms with Gasteiger partial charge in [-0.15, -0.1) is 0 Å². The molecule has 0 amide bonds. The fourth-order valence-corrected chi connectivity index (χ4v) is 0.856. The van der Waals surface area contributed by atoms with Crippen molar-refractivity contribution >= 4 is 31.5 Å². The van der Waals surface area contributed by atoms with Gasteiger partial charge in [-0.3, -0.25) is 0 Å². The van der Waals surface area contributed by atoms with E-state index in [1.807, 2.05) is 0 Å². The largest absolute Gasteiger partial charge is 0.478 e. The Morgan fingerprint density at radius 3 is 1.59 bits per heavy atom. The van der Waals surface area contributed by atoms with Crippen molar-refractivity contribution in [3.63, 3.8) is 0 Å². The number of carboxylic acids is 2. The lowest BCUT2D eigenvalue weighted by atomic mass is 10.1. The zero-order valence-electron chi connectivity index (χ0n) is 9.43. The van der Waals surface area contributed by atoms with Crippen LogP contribution in [0, 0.1) is 0 Å². The Kier molecular flexibility index (Phi) is 7.11. The third-order valence-electron chi connectivity index (χ3n) is 1.59. The summed E-state index contributed by atoms with van der Waals surface area (Å²) < 4.78 is 4.66. The molecule has 1 rings (SSSR count). The quantitative estimate of drug-likeness (QED) is 0.810. The number of rotatable bonds is 3. The van der Waals surface area contributed by atoms with Crippen LogP contribution in [0.5, 0.6) is 0 Å². The van der Waals surface area contributed by atoms with Gasteiger partial charge >= 0.3 is 11.9 Å². The monoisotopic (exact) mass is 268 g/mol. The Morgan fingerprint density at radius 1 is 1.12 bits per heavy atom. The summed E-state index contributed by atoms with van der Waals surface area (Å²) in [6.07, 6.45) is 0. The molecule has 0 aromatic heterocycles. The molecule has 7 heteroatoms. The van der Waals surface area contributed by atoms with Crippen molar-refractivity contribution in [3.8, 4) is 0 Å². The number of benzene rings is 1. The van der Waals surface area contributed by atoms with E-state index in [1.54, 1.807) is 0 Å². The molecule has 0 saturated heterocycles. The molecule has 5 nitrogen and oxygen atoms in total. The average molecular weight is 268 g/mol. The van der Waals surface area contributed by atoms with Crippen molar-refractivity contribution in [2.45, 2.75) is 13.1 Å². The van der Waals surface area contributed by atoms with Gasteiger partial charge in [0.2, 0.25) is 10.5 Å². The lowest BCUT2D eigenvalue weighted by molar-refractivity contribution is 0.0651. The molecule has 0 unspecified atom stereocenters. The Hall–Kier alpha value is -1.45. The predicted octanol–water partition coefficient (Wildman–Crippen LogP) is 1.42. The van der Waals surface area contributed by atoms with Gasteiger partial charge in [0.15, 0.2) is 9.04 Å². The summed E-state index contributed by atoms with van der Waals surface area (Å²) in [5.41, 5.74) is -0.380. The van der Waals surface area contributed by atoms with Crippen molar-refractivity contribution in [2.24, 2.45) is 0 Å². The fraction of sp³-hybridized carbons (Fsp3) is 0.200. The van der Waals surface area contributed by atoms with E-state index in [0.717, 1.165) is 0 Å². The van der Waals surface area contributed by atoms with E-state index in [4.69, 9.17) is 10.2 Å². The number of carbonyl (C=O) groups is 2. The zero-order valence-corrected chi connectivity index (χ0v) is 11.4. The van der Waals surface area contributed by atoms with Crippen molar-refractivity contribution < 1.29 is 23.9 Å². The lowest BCUT2D eigenvalue weighted by Gasteiger charge is -1.98. The first kappa shape index (κ1) is 15.6. The van der Waals surface area contributed by atoms with Crippen molar-refractivity contribution in [1.29, 1.82) is 0 Å². The molecule has 0 aliphatic carbocycles. The maximum atomic E-state index is 10.5. The van der Waals surface area contributed by atoms with Crippen LogP contribution in [0.3, 0.4) is 0 Å². The highest BCUT2D eigenvalue weighted by Crippen LogP contribution is 2.07. The van der Waals surface area contributed by atoms with E-state index in [1.165, 1.54) is 24.3 Å². The van der Waals surface area contributed by atoms with Gasteiger partial charge in [-0.1, -0.05) is 12.1 Å². The molecule has 0 aliphatic heterocycles. The van der Waals surface area contributed by atoms with E-state index < -0.39 is 21.0 Å².